The summed E-state index contributed by atoms with van der Waals surface area (Å²) in [4.78, 5) is 35.3. The predicted molar refractivity (Wildman–Crippen MR) is 85.3 cm³/mol. The van der Waals surface area contributed by atoms with Crippen molar-refractivity contribution in [2.45, 2.75) is 6.42 Å². The van der Waals surface area contributed by atoms with E-state index in [0.29, 0.717) is 0 Å². The molecule has 1 aliphatic heterocycles. The Labute approximate surface area is 141 Å². The van der Waals surface area contributed by atoms with Gasteiger partial charge < -0.3 is 0 Å². The lowest BCUT2D eigenvalue weighted by Gasteiger charge is -2.13. The average molecular weight is 346 g/mol. The van der Waals surface area contributed by atoms with Crippen LogP contribution < -0.4 is 0 Å². The molecule has 1 aromatic rings. The molecule has 1 aromatic carbocycles. The van der Waals surface area contributed by atoms with Gasteiger partial charge in [-0.25, -0.2) is 0 Å². The quantitative estimate of drug-likeness (QED) is 0.276. The van der Waals surface area contributed by atoms with Gasteiger partial charge in [0.1, 0.15) is 0 Å². The fraction of sp³-hybridized carbons (Fsp3) is 0.312. The number of imide groups is 1. The Kier molecular flexibility index (Phi) is 3.28. The number of hydrogen-bond donors (Lipinski definition) is 0. The number of nitrogens with zero attached hydrogens (tertiary/aromatic N) is 3. The molecule has 7 nitrogen and oxygen atoms in total. The Balaban J connectivity index is 1.61. The smallest absolute Gasteiger partial charge is 0.270 e. The molecule has 0 unspecified atom stereocenters. The van der Waals surface area contributed by atoms with Gasteiger partial charge in [0.2, 0.25) is 0 Å². The number of nitro groups is 1. The number of non-ortho nitro benzene ring substituents is 1. The third kappa shape index (κ3) is 2.08. The summed E-state index contributed by atoms with van der Waals surface area (Å²) >= 11 is 6.00. The Bertz CT molecular complexity index is 805. The van der Waals surface area contributed by atoms with Gasteiger partial charge in [-0.1, -0.05) is 23.8 Å². The number of nitro benzene ring substituents is 1. The molecular weight excluding hydrogens is 334 g/mol. The molecule has 4 rings (SSSR count). The Hall–Kier alpha value is -2.54. The highest BCUT2D eigenvalue weighted by molar-refractivity contribution is 6.33. The number of hydrogen-bond acceptors (Lipinski definition) is 5. The number of carbonyl (C=O) groups is 2. The molecular formula is C16H12ClN3O4. The average Bonchev–Trinajstić information content (AvgIpc) is 3.22. The molecule has 2 bridgehead atoms. The van der Waals surface area contributed by atoms with Gasteiger partial charge in [-0.05, 0) is 24.3 Å². The van der Waals surface area contributed by atoms with Crippen LogP contribution in [0.5, 0.6) is 0 Å². The zero-order chi connectivity index (χ0) is 17.0. The minimum absolute atomic E-state index is 0.109. The van der Waals surface area contributed by atoms with E-state index in [-0.39, 0.29) is 51.8 Å². The summed E-state index contributed by atoms with van der Waals surface area (Å²) in [5.74, 6) is -1.05. The Morgan fingerprint density at radius 3 is 2.42 bits per heavy atom. The second kappa shape index (κ2) is 5.24. The van der Waals surface area contributed by atoms with E-state index in [2.05, 4.69) is 5.10 Å². The summed E-state index contributed by atoms with van der Waals surface area (Å²) in [5, 5.41) is 15.9. The number of allylic oxidation sites excluding steroid dienone is 2. The third-order valence-electron chi connectivity index (χ3n) is 4.95. The van der Waals surface area contributed by atoms with Crippen LogP contribution in [-0.2, 0) is 9.59 Å². The maximum atomic E-state index is 12.5. The molecule has 1 saturated heterocycles. The number of amides is 2. The summed E-state index contributed by atoms with van der Waals surface area (Å²) in [6.45, 7) is 0. The second-order valence-corrected chi connectivity index (χ2v) is 6.60. The molecule has 122 valence electrons. The number of halogens is 1. The highest BCUT2D eigenvalue weighted by Gasteiger charge is 2.59. The Morgan fingerprint density at radius 2 is 1.83 bits per heavy atom. The lowest BCUT2D eigenvalue weighted by molar-refractivity contribution is -0.384. The number of carbonyl (C=O) groups excluding carboxylic acids is 2. The first-order chi connectivity index (χ1) is 11.5. The molecule has 3 aliphatic rings. The monoisotopic (exact) mass is 345 g/mol. The molecule has 2 aliphatic carbocycles. The molecule has 8 heteroatoms. The van der Waals surface area contributed by atoms with E-state index in [4.69, 9.17) is 11.6 Å². The zero-order valence-corrected chi connectivity index (χ0v) is 13.1. The largest absolute Gasteiger partial charge is 0.272 e. The number of fused-ring (bicyclic) bond motifs is 5. The fourth-order valence-corrected chi connectivity index (χ4v) is 4.03. The first-order valence-electron chi connectivity index (χ1n) is 7.51. The topological polar surface area (TPSA) is 92.9 Å². The molecule has 0 aromatic heterocycles. The van der Waals surface area contributed by atoms with Crippen LogP contribution in [0.4, 0.5) is 5.69 Å². The van der Waals surface area contributed by atoms with E-state index in [1.165, 1.54) is 24.4 Å². The second-order valence-electron chi connectivity index (χ2n) is 6.20. The van der Waals surface area contributed by atoms with Gasteiger partial charge in [-0.3, -0.25) is 19.7 Å². The molecule has 0 radical (unpaired) electrons. The highest BCUT2D eigenvalue weighted by Crippen LogP contribution is 2.52. The van der Waals surface area contributed by atoms with E-state index in [1.54, 1.807) is 0 Å². The van der Waals surface area contributed by atoms with Crippen LogP contribution in [0, 0.1) is 33.8 Å². The predicted octanol–water partition coefficient (Wildman–Crippen LogP) is 2.39. The van der Waals surface area contributed by atoms with Crippen LogP contribution in [0.2, 0.25) is 5.02 Å². The summed E-state index contributed by atoms with van der Waals surface area (Å²) < 4.78 is 0. The van der Waals surface area contributed by atoms with Crippen LogP contribution in [-0.4, -0.2) is 28.0 Å². The molecule has 0 spiro atoms. The van der Waals surface area contributed by atoms with Crippen LogP contribution in [0.3, 0.4) is 0 Å². The van der Waals surface area contributed by atoms with Gasteiger partial charge in [-0.2, -0.15) is 10.1 Å². The summed E-state index contributed by atoms with van der Waals surface area (Å²) in [6, 6.07) is 3.91. The van der Waals surface area contributed by atoms with E-state index < -0.39 is 4.92 Å². The van der Waals surface area contributed by atoms with Gasteiger partial charge in [0.25, 0.3) is 17.5 Å². The summed E-state index contributed by atoms with van der Waals surface area (Å²) in [7, 11) is 0. The maximum Gasteiger partial charge on any atom is 0.270 e. The third-order valence-corrected chi connectivity index (χ3v) is 5.29. The Morgan fingerprint density at radius 1 is 1.21 bits per heavy atom. The van der Waals surface area contributed by atoms with E-state index in [1.807, 2.05) is 12.2 Å². The van der Waals surface area contributed by atoms with Crippen molar-refractivity contribution in [2.24, 2.45) is 28.8 Å². The summed E-state index contributed by atoms with van der Waals surface area (Å²) in [6.07, 6.45) is 6.08. The van der Waals surface area contributed by atoms with E-state index >= 15 is 0 Å². The lowest BCUT2D eigenvalue weighted by atomic mass is 9.85. The number of hydrazone groups is 1. The van der Waals surface area contributed by atoms with Crippen molar-refractivity contribution < 1.29 is 14.5 Å². The molecule has 2 fully saturated rings. The maximum absolute atomic E-state index is 12.5. The van der Waals surface area contributed by atoms with Crippen LogP contribution >= 0.6 is 11.6 Å². The van der Waals surface area contributed by atoms with Crippen LogP contribution in [0.1, 0.15) is 12.0 Å². The SMILES string of the molecule is O=C1[C@H]2[C@H](C(=O)N1/N=C\c1cc([N+](=O)[O-])ccc1Cl)[C@H]1C=C[C@H]2C1. The van der Waals surface area contributed by atoms with Crippen molar-refractivity contribution in [2.75, 3.05) is 0 Å². The standard InChI is InChI=1S/C16H12ClN3O4/c17-12-4-3-11(20(23)24)6-10(12)7-18-19-15(21)13-8-1-2-9(5-8)14(13)16(19)22/h1-4,6-9,13-14H,5H2/b18-7-/t8-,9-,13+,14+/m0/s1. The molecule has 0 N–H and O–H groups in total. The minimum Gasteiger partial charge on any atom is -0.272 e. The number of benzene rings is 1. The molecule has 1 heterocycles. The van der Waals surface area contributed by atoms with Crippen LogP contribution in [0.15, 0.2) is 35.5 Å². The molecule has 4 atom stereocenters. The van der Waals surface area contributed by atoms with Gasteiger partial charge >= 0.3 is 0 Å². The van der Waals surface area contributed by atoms with Gasteiger partial charge in [0.05, 0.1) is 23.0 Å². The lowest BCUT2D eigenvalue weighted by Crippen LogP contribution is -2.28. The van der Waals surface area contributed by atoms with E-state index in [0.717, 1.165) is 11.4 Å². The first-order valence-corrected chi connectivity index (χ1v) is 7.89. The molecule has 24 heavy (non-hydrogen) atoms. The van der Waals surface area contributed by atoms with Crippen molar-refractivity contribution in [3.8, 4) is 0 Å². The first kappa shape index (κ1) is 15.0. The summed E-state index contributed by atoms with van der Waals surface area (Å²) in [5.41, 5.74) is 0.142. The molecule has 1 saturated carbocycles. The van der Waals surface area contributed by atoms with E-state index in [9.17, 15) is 19.7 Å². The zero-order valence-electron chi connectivity index (χ0n) is 12.3. The highest BCUT2D eigenvalue weighted by atomic mass is 35.5. The van der Waals surface area contributed by atoms with Crippen molar-refractivity contribution >= 4 is 35.3 Å². The van der Waals surface area contributed by atoms with Gasteiger partial charge in [-0.15, -0.1) is 0 Å². The van der Waals surface area contributed by atoms with Crippen molar-refractivity contribution in [1.82, 2.24) is 5.01 Å². The normalized spacial score (nSPS) is 30.6. The van der Waals surface area contributed by atoms with Crippen molar-refractivity contribution in [1.29, 1.82) is 0 Å². The van der Waals surface area contributed by atoms with Gasteiger partial charge in [0.15, 0.2) is 0 Å². The fourth-order valence-electron chi connectivity index (χ4n) is 3.86. The van der Waals surface area contributed by atoms with Crippen molar-refractivity contribution in [3.05, 3.63) is 51.1 Å². The van der Waals surface area contributed by atoms with Gasteiger partial charge in [0, 0.05) is 22.7 Å². The minimum atomic E-state index is -0.548. The van der Waals surface area contributed by atoms with Crippen LogP contribution in [0.25, 0.3) is 0 Å². The molecule has 2 amide bonds. The number of rotatable bonds is 3. The van der Waals surface area contributed by atoms with Crippen molar-refractivity contribution in [3.63, 3.8) is 0 Å².